The first-order chi connectivity index (χ1) is 9.43. The first-order valence-electron chi connectivity index (χ1n) is 6.34. The molecule has 1 N–H and O–H groups in total. The van der Waals surface area contributed by atoms with Crippen LogP contribution in [0.25, 0.3) is 10.2 Å². The molecule has 0 saturated heterocycles. The van der Waals surface area contributed by atoms with Crippen molar-refractivity contribution in [1.82, 2.24) is 9.97 Å². The molecule has 2 heterocycles. The van der Waals surface area contributed by atoms with Crippen LogP contribution in [0.1, 0.15) is 36.0 Å². The van der Waals surface area contributed by atoms with Gasteiger partial charge in [0.15, 0.2) is 0 Å². The van der Waals surface area contributed by atoms with E-state index in [1.807, 2.05) is 20.8 Å². The zero-order valence-electron chi connectivity index (χ0n) is 11.8. The summed E-state index contributed by atoms with van der Waals surface area (Å²) in [6, 6.07) is 0.203. The summed E-state index contributed by atoms with van der Waals surface area (Å²) in [4.78, 5) is 21.6. The number of halogens is 1. The van der Waals surface area contributed by atoms with Crippen LogP contribution in [0.2, 0.25) is 5.28 Å². The lowest BCUT2D eigenvalue weighted by atomic mass is 10.2. The quantitative estimate of drug-likeness (QED) is 0.689. The van der Waals surface area contributed by atoms with Gasteiger partial charge in [-0.2, -0.15) is 0 Å². The number of aromatic nitrogens is 2. The summed E-state index contributed by atoms with van der Waals surface area (Å²) in [5.74, 6) is 0.318. The minimum atomic E-state index is -0.334. The topological polar surface area (TPSA) is 64.1 Å². The smallest absolute Gasteiger partial charge is 0.348 e. The molecule has 108 valence electrons. The summed E-state index contributed by atoms with van der Waals surface area (Å²) in [7, 11) is 0. The fourth-order valence-electron chi connectivity index (χ4n) is 1.88. The zero-order chi connectivity index (χ0) is 14.9. The van der Waals surface area contributed by atoms with Crippen molar-refractivity contribution >= 4 is 44.9 Å². The number of thiophene rings is 1. The molecule has 0 saturated carbocycles. The molecule has 0 aliphatic heterocycles. The van der Waals surface area contributed by atoms with E-state index in [2.05, 4.69) is 15.3 Å². The summed E-state index contributed by atoms with van der Waals surface area (Å²) in [6.45, 7) is 8.01. The molecule has 0 fully saturated rings. The lowest BCUT2D eigenvalue weighted by Gasteiger charge is -2.10. The van der Waals surface area contributed by atoms with Crippen LogP contribution < -0.4 is 5.32 Å². The van der Waals surface area contributed by atoms with E-state index in [9.17, 15) is 4.79 Å². The van der Waals surface area contributed by atoms with Crippen LogP contribution in [0.3, 0.4) is 0 Å². The predicted molar refractivity (Wildman–Crippen MR) is 81.9 cm³/mol. The predicted octanol–water partition coefficient (Wildman–Crippen LogP) is 3.65. The molecular weight excluding hydrogens is 298 g/mol. The number of hydrogen-bond acceptors (Lipinski definition) is 6. The van der Waals surface area contributed by atoms with Gasteiger partial charge < -0.3 is 10.1 Å². The van der Waals surface area contributed by atoms with Crippen molar-refractivity contribution in [3.8, 4) is 0 Å². The second-order valence-corrected chi connectivity index (χ2v) is 5.93. The highest BCUT2D eigenvalue weighted by molar-refractivity contribution is 7.20. The summed E-state index contributed by atoms with van der Waals surface area (Å²) in [6.07, 6.45) is 0. The van der Waals surface area contributed by atoms with Gasteiger partial charge in [-0.3, -0.25) is 0 Å². The van der Waals surface area contributed by atoms with Crippen molar-refractivity contribution in [2.75, 3.05) is 11.9 Å². The molecular formula is C13H16ClN3O2S. The highest BCUT2D eigenvalue weighted by Gasteiger charge is 2.21. The Labute approximate surface area is 126 Å². The largest absolute Gasteiger partial charge is 0.462 e. The Hall–Kier alpha value is -1.40. The van der Waals surface area contributed by atoms with E-state index in [0.717, 1.165) is 10.9 Å². The van der Waals surface area contributed by atoms with Gasteiger partial charge in [-0.15, -0.1) is 11.3 Å². The molecule has 0 aliphatic rings. The number of nitrogens with one attached hydrogen (secondary N) is 1. The molecule has 0 bridgehead atoms. The molecule has 2 aromatic rings. The first kappa shape index (κ1) is 15.0. The maximum atomic E-state index is 11.9. The van der Waals surface area contributed by atoms with Gasteiger partial charge in [0.05, 0.1) is 12.0 Å². The van der Waals surface area contributed by atoms with Crippen molar-refractivity contribution < 1.29 is 9.53 Å². The third-order valence-electron chi connectivity index (χ3n) is 2.65. The number of carbonyl (C=O) groups excluding carboxylic acids is 1. The third-order valence-corrected chi connectivity index (χ3v) is 3.98. The van der Waals surface area contributed by atoms with E-state index >= 15 is 0 Å². The van der Waals surface area contributed by atoms with Gasteiger partial charge in [-0.1, -0.05) is 0 Å². The normalized spacial score (nSPS) is 11.1. The van der Waals surface area contributed by atoms with E-state index in [-0.39, 0.29) is 17.3 Å². The van der Waals surface area contributed by atoms with Crippen LogP contribution in [0, 0.1) is 6.92 Å². The van der Waals surface area contributed by atoms with Gasteiger partial charge in [0.25, 0.3) is 0 Å². The molecule has 5 nitrogen and oxygen atoms in total. The van der Waals surface area contributed by atoms with Crippen LogP contribution in [-0.2, 0) is 4.74 Å². The Bertz CT molecular complexity index is 655. The Kier molecular flexibility index (Phi) is 4.45. The van der Waals surface area contributed by atoms with Crippen LogP contribution in [-0.4, -0.2) is 28.6 Å². The monoisotopic (exact) mass is 313 g/mol. The summed E-state index contributed by atoms with van der Waals surface area (Å²) in [5.41, 5.74) is 0.822. The molecule has 2 aromatic heterocycles. The van der Waals surface area contributed by atoms with Gasteiger partial charge in [-0.25, -0.2) is 14.8 Å². The van der Waals surface area contributed by atoms with Gasteiger partial charge in [-0.05, 0) is 44.9 Å². The fraction of sp³-hybridized carbons (Fsp3) is 0.462. The Morgan fingerprint density at radius 2 is 2.15 bits per heavy atom. The van der Waals surface area contributed by atoms with E-state index < -0.39 is 0 Å². The third kappa shape index (κ3) is 2.86. The second kappa shape index (κ2) is 5.93. The van der Waals surface area contributed by atoms with Gasteiger partial charge in [0, 0.05) is 6.04 Å². The Morgan fingerprint density at radius 1 is 1.45 bits per heavy atom. The second-order valence-electron chi connectivity index (χ2n) is 4.60. The van der Waals surface area contributed by atoms with Crippen molar-refractivity contribution in [3.05, 3.63) is 15.7 Å². The molecule has 0 unspecified atom stereocenters. The number of esters is 1. The SMILES string of the molecule is CCOC(=O)c1sc2nc(Cl)nc(NC(C)C)c2c1C. The fourth-order valence-corrected chi connectivity index (χ4v) is 3.18. The summed E-state index contributed by atoms with van der Waals surface area (Å²) >= 11 is 7.22. The number of ether oxygens (including phenoxy) is 1. The average molecular weight is 314 g/mol. The number of anilines is 1. The molecule has 0 aliphatic carbocycles. The summed E-state index contributed by atoms with van der Waals surface area (Å²) in [5, 5.41) is 4.23. The van der Waals surface area contributed by atoms with Gasteiger partial charge in [0.2, 0.25) is 5.28 Å². The van der Waals surface area contributed by atoms with Crippen LogP contribution in [0.15, 0.2) is 0 Å². The Balaban J connectivity index is 2.61. The lowest BCUT2D eigenvalue weighted by molar-refractivity contribution is 0.0531. The maximum absolute atomic E-state index is 11.9. The number of rotatable bonds is 4. The standard InChI is InChI=1S/C13H16ClN3O2S/c1-5-19-12(18)9-7(4)8-10(15-6(2)3)16-13(14)17-11(8)20-9/h6H,5H2,1-4H3,(H,15,16,17). The van der Waals surface area contributed by atoms with Crippen molar-refractivity contribution in [2.45, 2.75) is 33.7 Å². The van der Waals surface area contributed by atoms with Crippen LogP contribution in [0.4, 0.5) is 5.82 Å². The molecule has 7 heteroatoms. The van der Waals surface area contributed by atoms with Gasteiger partial charge >= 0.3 is 5.97 Å². The minimum absolute atomic E-state index is 0.164. The van der Waals surface area contributed by atoms with Crippen LogP contribution >= 0.6 is 22.9 Å². The molecule has 0 aromatic carbocycles. The molecule has 2 rings (SSSR count). The van der Waals surface area contributed by atoms with Crippen molar-refractivity contribution in [3.63, 3.8) is 0 Å². The Morgan fingerprint density at radius 3 is 2.75 bits per heavy atom. The zero-order valence-corrected chi connectivity index (χ0v) is 13.4. The maximum Gasteiger partial charge on any atom is 0.348 e. The van der Waals surface area contributed by atoms with Crippen molar-refractivity contribution in [2.24, 2.45) is 0 Å². The number of fused-ring (bicyclic) bond motifs is 1. The average Bonchev–Trinajstić information content (AvgIpc) is 2.66. The number of carbonyl (C=O) groups is 1. The van der Waals surface area contributed by atoms with Crippen molar-refractivity contribution in [1.29, 1.82) is 0 Å². The highest BCUT2D eigenvalue weighted by atomic mass is 35.5. The highest BCUT2D eigenvalue weighted by Crippen LogP contribution is 2.35. The number of hydrogen-bond donors (Lipinski definition) is 1. The number of aryl methyl sites for hydroxylation is 1. The molecule has 0 atom stereocenters. The first-order valence-corrected chi connectivity index (χ1v) is 7.53. The van der Waals surface area contributed by atoms with Crippen LogP contribution in [0.5, 0.6) is 0 Å². The van der Waals surface area contributed by atoms with Gasteiger partial charge in [0.1, 0.15) is 15.5 Å². The molecule has 20 heavy (non-hydrogen) atoms. The molecule has 0 radical (unpaired) electrons. The summed E-state index contributed by atoms with van der Waals surface area (Å²) < 4.78 is 5.06. The van der Waals surface area contributed by atoms with E-state index in [1.165, 1.54) is 11.3 Å². The molecule has 0 spiro atoms. The lowest BCUT2D eigenvalue weighted by Crippen LogP contribution is -2.12. The number of nitrogens with zero attached hydrogens (tertiary/aromatic N) is 2. The van der Waals surface area contributed by atoms with E-state index in [0.29, 0.717) is 22.1 Å². The van der Waals surface area contributed by atoms with E-state index in [4.69, 9.17) is 16.3 Å². The van der Waals surface area contributed by atoms with E-state index in [1.54, 1.807) is 6.92 Å². The molecule has 0 amide bonds. The minimum Gasteiger partial charge on any atom is -0.462 e.